The van der Waals surface area contributed by atoms with Crippen molar-refractivity contribution >= 4 is 17.7 Å². The predicted molar refractivity (Wildman–Crippen MR) is 101 cm³/mol. The molecule has 1 amide bonds. The highest BCUT2D eigenvalue weighted by molar-refractivity contribution is 6.10. The van der Waals surface area contributed by atoms with E-state index in [0.29, 0.717) is 34.2 Å². The lowest BCUT2D eigenvalue weighted by Gasteiger charge is -2.11. The fraction of sp³-hybridized carbons (Fsp3) is 0.200. The molecule has 7 nitrogen and oxygen atoms in total. The van der Waals surface area contributed by atoms with E-state index >= 15 is 0 Å². The smallest absolute Gasteiger partial charge is 0.266 e. The number of nitrogens with one attached hydrogen (secondary N) is 1. The molecule has 0 bridgehead atoms. The van der Waals surface area contributed by atoms with Crippen molar-refractivity contribution in [2.75, 3.05) is 33.8 Å². The van der Waals surface area contributed by atoms with E-state index in [1.165, 1.54) is 34.5 Å². The second-order valence-corrected chi connectivity index (χ2v) is 5.28. The van der Waals surface area contributed by atoms with Crippen LogP contribution in [0.4, 0.5) is 5.69 Å². The van der Waals surface area contributed by atoms with Crippen molar-refractivity contribution < 1.29 is 23.7 Å². The standard InChI is InChI=1S/C20H20N2O5/c1-24-16-9-8-15(11-18(16)26-3)22-20(23)14(12-21)10-13-6-5-7-17(25-2)19(13)27-4/h5-11H,1-4H3,(H,22,23)/b14-10+. The lowest BCUT2D eigenvalue weighted by Crippen LogP contribution is -2.13. The number of ether oxygens (including phenoxy) is 4. The maximum Gasteiger partial charge on any atom is 0.266 e. The molecule has 0 radical (unpaired) electrons. The molecule has 140 valence electrons. The van der Waals surface area contributed by atoms with Crippen LogP contribution in [-0.2, 0) is 4.79 Å². The minimum absolute atomic E-state index is 0.0867. The number of nitrogens with zero attached hydrogens (tertiary/aromatic N) is 1. The molecule has 0 spiro atoms. The molecule has 0 fully saturated rings. The van der Waals surface area contributed by atoms with E-state index in [2.05, 4.69) is 5.32 Å². The van der Waals surface area contributed by atoms with Crippen LogP contribution in [-0.4, -0.2) is 34.3 Å². The first-order valence-electron chi connectivity index (χ1n) is 7.94. The maximum absolute atomic E-state index is 12.5. The quantitative estimate of drug-likeness (QED) is 0.596. The van der Waals surface area contributed by atoms with Crippen molar-refractivity contribution in [2.45, 2.75) is 0 Å². The van der Waals surface area contributed by atoms with E-state index in [1.807, 2.05) is 6.07 Å². The average molecular weight is 368 g/mol. The summed E-state index contributed by atoms with van der Waals surface area (Å²) in [6.45, 7) is 0. The van der Waals surface area contributed by atoms with E-state index in [1.54, 1.807) is 36.4 Å². The van der Waals surface area contributed by atoms with Gasteiger partial charge in [-0.15, -0.1) is 0 Å². The van der Waals surface area contributed by atoms with Gasteiger partial charge in [0.1, 0.15) is 11.6 Å². The Morgan fingerprint density at radius 3 is 2.26 bits per heavy atom. The summed E-state index contributed by atoms with van der Waals surface area (Å²) < 4.78 is 20.9. The Morgan fingerprint density at radius 2 is 1.67 bits per heavy atom. The number of benzene rings is 2. The first-order valence-corrected chi connectivity index (χ1v) is 7.94. The Labute approximate surface area is 157 Å². The summed E-state index contributed by atoms with van der Waals surface area (Å²) in [5.41, 5.74) is 0.934. The van der Waals surface area contributed by atoms with Crippen LogP contribution < -0.4 is 24.3 Å². The number of anilines is 1. The number of hydrogen-bond donors (Lipinski definition) is 1. The SMILES string of the molecule is COc1ccc(NC(=O)/C(C#N)=C/c2cccc(OC)c2OC)cc1OC. The number of hydrogen-bond acceptors (Lipinski definition) is 6. The second kappa shape index (κ2) is 9.15. The lowest BCUT2D eigenvalue weighted by atomic mass is 10.1. The molecule has 0 saturated heterocycles. The van der Waals surface area contributed by atoms with Crippen LogP contribution in [0.1, 0.15) is 5.56 Å². The molecule has 2 rings (SSSR count). The maximum atomic E-state index is 12.5. The summed E-state index contributed by atoms with van der Waals surface area (Å²) >= 11 is 0. The number of para-hydroxylation sites is 1. The average Bonchev–Trinajstić information content (AvgIpc) is 2.71. The molecule has 1 N–H and O–H groups in total. The molecule has 0 aromatic heterocycles. The van der Waals surface area contributed by atoms with E-state index in [9.17, 15) is 10.1 Å². The van der Waals surface area contributed by atoms with Gasteiger partial charge in [0.2, 0.25) is 0 Å². The first-order chi connectivity index (χ1) is 13.1. The summed E-state index contributed by atoms with van der Waals surface area (Å²) in [5, 5.41) is 12.1. The van der Waals surface area contributed by atoms with Crippen LogP contribution in [0.5, 0.6) is 23.0 Å². The topological polar surface area (TPSA) is 89.8 Å². The van der Waals surface area contributed by atoms with Crippen LogP contribution in [0.3, 0.4) is 0 Å². The van der Waals surface area contributed by atoms with Gasteiger partial charge in [-0.05, 0) is 24.3 Å². The molecule has 0 saturated carbocycles. The largest absolute Gasteiger partial charge is 0.493 e. The molecule has 7 heteroatoms. The van der Waals surface area contributed by atoms with Gasteiger partial charge in [0, 0.05) is 17.3 Å². The Bertz CT molecular complexity index is 900. The number of carbonyl (C=O) groups is 1. The number of nitriles is 1. The summed E-state index contributed by atoms with van der Waals surface area (Å²) in [6.07, 6.45) is 1.44. The van der Waals surface area contributed by atoms with Crippen molar-refractivity contribution in [3.05, 3.63) is 47.5 Å². The zero-order valence-electron chi connectivity index (χ0n) is 15.5. The normalized spacial score (nSPS) is 10.6. The minimum Gasteiger partial charge on any atom is -0.493 e. The zero-order valence-corrected chi connectivity index (χ0v) is 15.5. The van der Waals surface area contributed by atoms with Crippen molar-refractivity contribution in [3.63, 3.8) is 0 Å². The van der Waals surface area contributed by atoms with Crippen LogP contribution in [0.25, 0.3) is 6.08 Å². The zero-order chi connectivity index (χ0) is 19.8. The highest BCUT2D eigenvalue weighted by Crippen LogP contribution is 2.33. The second-order valence-electron chi connectivity index (χ2n) is 5.28. The fourth-order valence-corrected chi connectivity index (χ4v) is 2.44. The van der Waals surface area contributed by atoms with Gasteiger partial charge in [-0.1, -0.05) is 12.1 Å². The summed E-state index contributed by atoms with van der Waals surface area (Å²) in [5.74, 6) is 1.38. The number of methoxy groups -OCH3 is 4. The van der Waals surface area contributed by atoms with E-state index in [-0.39, 0.29) is 5.57 Å². The highest BCUT2D eigenvalue weighted by Gasteiger charge is 2.14. The predicted octanol–water partition coefficient (Wildman–Crippen LogP) is 3.27. The third-order valence-electron chi connectivity index (χ3n) is 3.74. The molecule has 0 heterocycles. The van der Waals surface area contributed by atoms with Gasteiger partial charge in [0.15, 0.2) is 23.0 Å². The van der Waals surface area contributed by atoms with E-state index in [0.717, 1.165) is 0 Å². The third-order valence-corrected chi connectivity index (χ3v) is 3.74. The number of rotatable bonds is 7. The number of carbonyl (C=O) groups excluding carboxylic acids is 1. The van der Waals surface area contributed by atoms with Gasteiger partial charge < -0.3 is 24.3 Å². The Kier molecular flexibility index (Phi) is 6.67. The molecule has 0 atom stereocenters. The van der Waals surface area contributed by atoms with Crippen LogP contribution in [0, 0.1) is 11.3 Å². The van der Waals surface area contributed by atoms with E-state index < -0.39 is 5.91 Å². The highest BCUT2D eigenvalue weighted by atomic mass is 16.5. The lowest BCUT2D eigenvalue weighted by molar-refractivity contribution is -0.112. The van der Waals surface area contributed by atoms with Crippen molar-refractivity contribution in [2.24, 2.45) is 0 Å². The molecule has 2 aromatic carbocycles. The Morgan fingerprint density at radius 1 is 0.963 bits per heavy atom. The molecule has 27 heavy (non-hydrogen) atoms. The van der Waals surface area contributed by atoms with Crippen molar-refractivity contribution in [1.29, 1.82) is 5.26 Å². The molecule has 0 unspecified atom stereocenters. The first kappa shape index (κ1) is 19.7. The number of amides is 1. The van der Waals surface area contributed by atoms with Crippen LogP contribution in [0.2, 0.25) is 0 Å². The summed E-state index contributed by atoms with van der Waals surface area (Å²) in [6, 6.07) is 12.0. The molecular weight excluding hydrogens is 348 g/mol. The van der Waals surface area contributed by atoms with Gasteiger partial charge in [-0.2, -0.15) is 5.26 Å². The van der Waals surface area contributed by atoms with Gasteiger partial charge in [-0.25, -0.2) is 0 Å². The van der Waals surface area contributed by atoms with Gasteiger partial charge in [0.25, 0.3) is 5.91 Å². The molecular formula is C20H20N2O5. The van der Waals surface area contributed by atoms with Gasteiger partial charge in [0.05, 0.1) is 28.4 Å². The van der Waals surface area contributed by atoms with Gasteiger partial charge >= 0.3 is 0 Å². The van der Waals surface area contributed by atoms with Crippen molar-refractivity contribution in [3.8, 4) is 29.1 Å². The Balaban J connectivity index is 2.32. The van der Waals surface area contributed by atoms with Crippen molar-refractivity contribution in [1.82, 2.24) is 0 Å². The monoisotopic (exact) mass is 368 g/mol. The molecule has 0 aliphatic heterocycles. The Hall–Kier alpha value is -3.66. The molecule has 2 aromatic rings. The van der Waals surface area contributed by atoms with Crippen LogP contribution >= 0.6 is 0 Å². The molecule has 0 aliphatic carbocycles. The van der Waals surface area contributed by atoms with Crippen LogP contribution in [0.15, 0.2) is 42.0 Å². The fourth-order valence-electron chi connectivity index (χ4n) is 2.44. The van der Waals surface area contributed by atoms with E-state index in [4.69, 9.17) is 18.9 Å². The minimum atomic E-state index is -0.561. The summed E-state index contributed by atoms with van der Waals surface area (Å²) in [7, 11) is 6.03. The summed E-state index contributed by atoms with van der Waals surface area (Å²) in [4.78, 5) is 12.5. The molecule has 0 aliphatic rings. The van der Waals surface area contributed by atoms with Gasteiger partial charge in [-0.3, -0.25) is 4.79 Å². The third kappa shape index (κ3) is 4.50.